The molecule has 37 heavy (non-hydrogen) atoms. The first-order chi connectivity index (χ1) is 17.9. The Morgan fingerprint density at radius 2 is 1.86 bits per heavy atom. The fraction of sp³-hybridized carbons (Fsp3) is 0.276. The van der Waals surface area contributed by atoms with Gasteiger partial charge in [0, 0.05) is 25.1 Å². The summed E-state index contributed by atoms with van der Waals surface area (Å²) in [7, 11) is -2.09. The monoisotopic (exact) mass is 518 g/mol. The van der Waals surface area contributed by atoms with Crippen LogP contribution in [0, 0.1) is 5.92 Å². The number of hydrogen-bond acceptors (Lipinski definition) is 6. The van der Waals surface area contributed by atoms with Crippen LogP contribution >= 0.6 is 0 Å². The Labute approximate surface area is 217 Å². The summed E-state index contributed by atoms with van der Waals surface area (Å²) in [4.78, 5) is 11.7. The molecule has 0 saturated carbocycles. The topological polar surface area (TPSA) is 93.7 Å². The summed E-state index contributed by atoms with van der Waals surface area (Å²) in [6.07, 6.45) is 5.81. The number of anilines is 1. The molecular weight excluding hydrogens is 488 g/mol. The average Bonchev–Trinajstić information content (AvgIpc) is 3.39. The molecule has 3 aromatic carbocycles. The Kier molecular flexibility index (Phi) is 7.04. The molecule has 0 spiro atoms. The molecule has 8 heteroatoms. The van der Waals surface area contributed by atoms with Gasteiger partial charge in [-0.25, -0.2) is 13.1 Å². The highest BCUT2D eigenvalue weighted by Crippen LogP contribution is 2.50. The SMILES string of the molecule is COc1cc(C2Nc3ccc(S(=O)(=O)NCCc4ccccc4)cc3C3C=CCC32)ccc1OC(C)=O. The number of nitrogens with one attached hydrogen (secondary N) is 2. The van der Waals surface area contributed by atoms with E-state index in [0.717, 1.165) is 28.8 Å². The second kappa shape index (κ2) is 10.4. The Bertz CT molecular complexity index is 1440. The highest BCUT2D eigenvalue weighted by molar-refractivity contribution is 7.89. The number of allylic oxidation sites excluding steroid dienone is 2. The molecule has 7 nitrogen and oxygen atoms in total. The summed E-state index contributed by atoms with van der Waals surface area (Å²) < 4.78 is 39.6. The quantitative estimate of drug-likeness (QED) is 0.249. The lowest BCUT2D eigenvalue weighted by Crippen LogP contribution is -2.30. The lowest BCUT2D eigenvalue weighted by Gasteiger charge is -2.38. The van der Waals surface area contributed by atoms with Crippen molar-refractivity contribution in [1.29, 1.82) is 0 Å². The molecule has 5 rings (SSSR count). The highest BCUT2D eigenvalue weighted by Gasteiger charge is 2.38. The van der Waals surface area contributed by atoms with E-state index in [2.05, 4.69) is 22.2 Å². The van der Waals surface area contributed by atoms with Crippen molar-refractivity contribution < 1.29 is 22.7 Å². The summed E-state index contributed by atoms with van der Waals surface area (Å²) in [5.74, 6) is 0.758. The fourth-order valence-corrected chi connectivity index (χ4v) is 6.31. The smallest absolute Gasteiger partial charge is 0.308 e. The third-order valence-electron chi connectivity index (χ3n) is 6.99. The highest BCUT2D eigenvalue weighted by atomic mass is 32.2. The van der Waals surface area contributed by atoms with E-state index in [4.69, 9.17) is 9.47 Å². The van der Waals surface area contributed by atoms with E-state index in [9.17, 15) is 13.2 Å². The zero-order chi connectivity index (χ0) is 26.0. The third-order valence-corrected chi connectivity index (χ3v) is 8.45. The van der Waals surface area contributed by atoms with E-state index in [1.54, 1.807) is 25.3 Å². The lowest BCUT2D eigenvalue weighted by molar-refractivity contribution is -0.132. The first-order valence-corrected chi connectivity index (χ1v) is 13.8. The minimum atomic E-state index is -3.64. The molecule has 1 aliphatic carbocycles. The fourth-order valence-electron chi connectivity index (χ4n) is 5.24. The average molecular weight is 519 g/mol. The van der Waals surface area contributed by atoms with Crippen LogP contribution in [0.5, 0.6) is 11.5 Å². The van der Waals surface area contributed by atoms with Crippen LogP contribution in [-0.2, 0) is 21.2 Å². The van der Waals surface area contributed by atoms with Gasteiger partial charge in [0.05, 0.1) is 18.0 Å². The van der Waals surface area contributed by atoms with E-state index in [-0.39, 0.29) is 22.8 Å². The molecule has 3 atom stereocenters. The van der Waals surface area contributed by atoms with Crippen molar-refractivity contribution in [3.8, 4) is 11.5 Å². The minimum Gasteiger partial charge on any atom is -0.493 e. The number of benzene rings is 3. The zero-order valence-corrected chi connectivity index (χ0v) is 21.6. The van der Waals surface area contributed by atoms with Gasteiger partial charge < -0.3 is 14.8 Å². The van der Waals surface area contributed by atoms with Gasteiger partial charge in [0.15, 0.2) is 11.5 Å². The van der Waals surface area contributed by atoms with Gasteiger partial charge in [-0.15, -0.1) is 0 Å². The van der Waals surface area contributed by atoms with Crippen molar-refractivity contribution in [3.05, 3.63) is 95.6 Å². The van der Waals surface area contributed by atoms with E-state index < -0.39 is 16.0 Å². The van der Waals surface area contributed by atoms with Crippen molar-refractivity contribution in [1.82, 2.24) is 4.72 Å². The van der Waals surface area contributed by atoms with Gasteiger partial charge in [-0.2, -0.15) is 0 Å². The number of fused-ring (bicyclic) bond motifs is 3. The Balaban J connectivity index is 1.38. The summed E-state index contributed by atoms with van der Waals surface area (Å²) in [5.41, 5.74) is 3.98. The number of hydrogen-bond donors (Lipinski definition) is 2. The molecule has 192 valence electrons. The van der Waals surface area contributed by atoms with Crippen LogP contribution < -0.4 is 19.5 Å². The van der Waals surface area contributed by atoms with Gasteiger partial charge in [0.25, 0.3) is 0 Å². The van der Waals surface area contributed by atoms with Crippen molar-refractivity contribution in [2.24, 2.45) is 5.92 Å². The number of carbonyl (C=O) groups excluding carboxylic acids is 1. The molecule has 3 unspecified atom stereocenters. The molecule has 0 bridgehead atoms. The summed E-state index contributed by atoms with van der Waals surface area (Å²) >= 11 is 0. The molecule has 3 aromatic rings. The summed E-state index contributed by atoms with van der Waals surface area (Å²) in [6, 6.07) is 20.7. The zero-order valence-electron chi connectivity index (χ0n) is 20.8. The van der Waals surface area contributed by atoms with Gasteiger partial charge in [0.2, 0.25) is 10.0 Å². The van der Waals surface area contributed by atoms with Crippen molar-refractivity contribution in [2.75, 3.05) is 19.0 Å². The number of carbonyl (C=O) groups is 1. The standard InChI is InChI=1S/C29H30N2O5S/c1-19(32)36-27-14-11-21(17-28(27)35-2)29-24-10-6-9-23(24)25-18-22(12-13-26(25)31-29)37(33,34)30-16-15-20-7-4-3-5-8-20/h3-9,11-14,17-18,23-24,29-31H,10,15-16H2,1-2H3. The number of ether oxygens (including phenoxy) is 2. The Morgan fingerprint density at radius 3 is 2.62 bits per heavy atom. The molecule has 0 saturated heterocycles. The number of sulfonamides is 1. The van der Waals surface area contributed by atoms with Crippen LogP contribution in [0.1, 0.15) is 42.0 Å². The van der Waals surface area contributed by atoms with Crippen LogP contribution in [0.4, 0.5) is 5.69 Å². The van der Waals surface area contributed by atoms with Gasteiger partial charge in [0.1, 0.15) is 0 Å². The summed E-state index contributed by atoms with van der Waals surface area (Å²) in [5, 5.41) is 3.62. The van der Waals surface area contributed by atoms with Gasteiger partial charge in [-0.05, 0) is 65.8 Å². The molecule has 2 N–H and O–H groups in total. The van der Waals surface area contributed by atoms with Gasteiger partial charge >= 0.3 is 5.97 Å². The van der Waals surface area contributed by atoms with E-state index in [1.807, 2.05) is 48.5 Å². The maximum absolute atomic E-state index is 13.1. The second-order valence-corrected chi connectivity index (χ2v) is 11.1. The van der Waals surface area contributed by atoms with Crippen LogP contribution in [0.3, 0.4) is 0 Å². The molecule has 0 amide bonds. The Morgan fingerprint density at radius 1 is 1.05 bits per heavy atom. The third kappa shape index (κ3) is 5.26. The second-order valence-electron chi connectivity index (χ2n) is 9.36. The van der Waals surface area contributed by atoms with E-state index in [1.165, 1.54) is 6.92 Å². The molecule has 2 aliphatic rings. The molecule has 0 radical (unpaired) electrons. The lowest BCUT2D eigenvalue weighted by atomic mass is 9.77. The van der Waals surface area contributed by atoms with Crippen molar-refractivity contribution >= 4 is 21.7 Å². The van der Waals surface area contributed by atoms with E-state index in [0.29, 0.717) is 24.5 Å². The maximum Gasteiger partial charge on any atom is 0.308 e. The van der Waals surface area contributed by atoms with Gasteiger partial charge in [-0.1, -0.05) is 48.6 Å². The molecule has 0 aromatic heterocycles. The van der Waals surface area contributed by atoms with Gasteiger partial charge in [-0.3, -0.25) is 4.79 Å². The van der Waals surface area contributed by atoms with E-state index >= 15 is 0 Å². The number of esters is 1. The van der Waals surface area contributed by atoms with Crippen molar-refractivity contribution in [2.45, 2.75) is 36.6 Å². The summed E-state index contributed by atoms with van der Waals surface area (Å²) in [6.45, 7) is 1.69. The molecular formula is C29H30N2O5S. The first-order valence-electron chi connectivity index (χ1n) is 12.3. The predicted molar refractivity (Wildman–Crippen MR) is 142 cm³/mol. The van der Waals surface area contributed by atoms with Crippen LogP contribution in [0.15, 0.2) is 83.8 Å². The van der Waals surface area contributed by atoms with Crippen LogP contribution in [0.2, 0.25) is 0 Å². The Hall–Kier alpha value is -3.62. The van der Waals surface area contributed by atoms with Crippen LogP contribution in [-0.4, -0.2) is 28.0 Å². The molecule has 1 heterocycles. The normalized spacial score (nSPS) is 20.0. The van der Waals surface area contributed by atoms with Crippen molar-refractivity contribution in [3.63, 3.8) is 0 Å². The molecule has 1 aliphatic heterocycles. The van der Waals surface area contributed by atoms with Crippen LogP contribution in [0.25, 0.3) is 0 Å². The number of rotatable bonds is 8. The maximum atomic E-state index is 13.1. The first kappa shape index (κ1) is 25.0. The number of methoxy groups -OCH3 is 1. The minimum absolute atomic E-state index is 0.0146. The predicted octanol–water partition coefficient (Wildman–Crippen LogP) is 4.97. The largest absolute Gasteiger partial charge is 0.493 e. The molecule has 0 fully saturated rings.